The molecule has 0 aliphatic rings. The van der Waals surface area contributed by atoms with Crippen LogP contribution in [0.5, 0.6) is 0 Å². The van der Waals surface area contributed by atoms with Crippen LogP contribution >= 0.6 is 22.6 Å². The molecule has 0 spiro atoms. The van der Waals surface area contributed by atoms with Gasteiger partial charge in [-0.25, -0.2) is 0 Å². The van der Waals surface area contributed by atoms with Crippen molar-refractivity contribution < 1.29 is 9.47 Å². The molecular formula is C12H23IO2. The third-order valence-electron chi connectivity index (χ3n) is 2.15. The Morgan fingerprint density at radius 2 is 2.00 bits per heavy atom. The second-order valence-electron chi connectivity index (χ2n) is 3.51. The van der Waals surface area contributed by atoms with Gasteiger partial charge >= 0.3 is 0 Å². The highest BCUT2D eigenvalue weighted by Crippen LogP contribution is 2.12. The van der Waals surface area contributed by atoms with E-state index in [1.54, 1.807) is 0 Å². The zero-order valence-electron chi connectivity index (χ0n) is 10.0. The van der Waals surface area contributed by atoms with E-state index in [0.29, 0.717) is 6.61 Å². The van der Waals surface area contributed by atoms with Crippen LogP contribution in [-0.4, -0.2) is 19.0 Å². The molecule has 0 bridgehead atoms. The summed E-state index contributed by atoms with van der Waals surface area (Å²) in [5, 5.41) is 0. The maximum absolute atomic E-state index is 5.76. The van der Waals surface area contributed by atoms with Gasteiger partial charge in [0.25, 0.3) is 0 Å². The highest BCUT2D eigenvalue weighted by molar-refractivity contribution is 14.1. The van der Waals surface area contributed by atoms with Crippen LogP contribution in [0.4, 0.5) is 0 Å². The highest BCUT2D eigenvalue weighted by Gasteiger charge is 2.09. The molecule has 90 valence electrons. The zero-order chi connectivity index (χ0) is 11.5. The maximum Gasteiger partial charge on any atom is 0.155 e. The number of hydrogen-bond acceptors (Lipinski definition) is 2. The summed E-state index contributed by atoms with van der Waals surface area (Å²) in [5.41, 5.74) is 0. The van der Waals surface area contributed by atoms with Gasteiger partial charge in [0, 0.05) is 6.61 Å². The van der Waals surface area contributed by atoms with Gasteiger partial charge in [-0.15, -0.1) is 0 Å². The molecule has 0 aliphatic heterocycles. The average molecular weight is 326 g/mol. The zero-order valence-corrected chi connectivity index (χ0v) is 12.2. The molecule has 2 atom stereocenters. The first-order chi connectivity index (χ1) is 7.24. The minimum atomic E-state index is -0.103. The lowest BCUT2D eigenvalue weighted by atomic mass is 10.1. The van der Waals surface area contributed by atoms with Crippen LogP contribution in [0.3, 0.4) is 0 Å². The quantitative estimate of drug-likeness (QED) is 0.358. The lowest BCUT2D eigenvalue weighted by molar-refractivity contribution is -0.147. The van der Waals surface area contributed by atoms with Gasteiger partial charge in [0.2, 0.25) is 0 Å². The van der Waals surface area contributed by atoms with E-state index in [2.05, 4.69) is 35.6 Å². The Hall–Kier alpha value is 0.390. The Kier molecular flexibility index (Phi) is 11.2. The molecule has 0 rings (SSSR count). The molecule has 0 saturated heterocycles. The van der Waals surface area contributed by atoms with Crippen LogP contribution in [0, 0.1) is 0 Å². The first-order valence-corrected chi connectivity index (χ1v) is 7.03. The van der Waals surface area contributed by atoms with Crippen molar-refractivity contribution in [3.05, 3.63) is 10.2 Å². The summed E-state index contributed by atoms with van der Waals surface area (Å²) in [6.45, 7) is 6.86. The second kappa shape index (κ2) is 10.9. The van der Waals surface area contributed by atoms with Gasteiger partial charge in [-0.1, -0.05) is 48.8 Å². The summed E-state index contributed by atoms with van der Waals surface area (Å²) in [6, 6.07) is 0. The lowest BCUT2D eigenvalue weighted by Crippen LogP contribution is -2.20. The van der Waals surface area contributed by atoms with E-state index in [4.69, 9.17) is 9.47 Å². The van der Waals surface area contributed by atoms with E-state index in [1.165, 1.54) is 19.3 Å². The molecule has 3 heteroatoms. The van der Waals surface area contributed by atoms with Gasteiger partial charge in [-0.05, 0) is 30.4 Å². The summed E-state index contributed by atoms with van der Waals surface area (Å²) in [7, 11) is 0. The largest absolute Gasteiger partial charge is 0.353 e. The Labute approximate surface area is 108 Å². The lowest BCUT2D eigenvalue weighted by Gasteiger charge is -2.19. The van der Waals surface area contributed by atoms with Crippen molar-refractivity contribution in [3.8, 4) is 0 Å². The normalized spacial score (nSPS) is 15.7. The number of ether oxygens (including phenoxy) is 2. The van der Waals surface area contributed by atoms with Gasteiger partial charge in [-0.3, -0.25) is 0 Å². The number of rotatable bonds is 9. The average Bonchev–Trinajstić information content (AvgIpc) is 2.18. The van der Waals surface area contributed by atoms with Gasteiger partial charge in [0.1, 0.15) is 0 Å². The monoisotopic (exact) mass is 326 g/mol. The second-order valence-corrected chi connectivity index (χ2v) is 4.23. The minimum Gasteiger partial charge on any atom is -0.353 e. The van der Waals surface area contributed by atoms with Crippen LogP contribution in [0.15, 0.2) is 10.2 Å². The third kappa shape index (κ3) is 9.33. The fraction of sp³-hybridized carbons (Fsp3) is 0.833. The van der Waals surface area contributed by atoms with Gasteiger partial charge in [0.05, 0.1) is 6.10 Å². The molecule has 0 saturated carbocycles. The molecule has 0 fully saturated rings. The van der Waals surface area contributed by atoms with E-state index in [9.17, 15) is 0 Å². The Bertz CT molecular complexity index is 160. The summed E-state index contributed by atoms with van der Waals surface area (Å²) in [6.07, 6.45) is 7.04. The van der Waals surface area contributed by atoms with Gasteiger partial charge < -0.3 is 9.47 Å². The predicted octanol–water partition coefficient (Wildman–Crippen LogP) is 4.28. The molecule has 0 aromatic carbocycles. The van der Waals surface area contributed by atoms with E-state index < -0.39 is 0 Å². The molecule has 0 aliphatic carbocycles. The third-order valence-corrected chi connectivity index (χ3v) is 2.56. The molecule has 1 unspecified atom stereocenters. The summed E-state index contributed by atoms with van der Waals surface area (Å²) in [4.78, 5) is 0. The van der Waals surface area contributed by atoms with Crippen molar-refractivity contribution in [1.29, 1.82) is 0 Å². The van der Waals surface area contributed by atoms with Crippen molar-refractivity contribution in [2.24, 2.45) is 0 Å². The van der Waals surface area contributed by atoms with E-state index in [1.807, 2.05) is 17.9 Å². The standard InChI is InChI=1S/C12H23IO2/c1-4-6-7-8-12(9-10-13)15-11(3)14-5-2/h9-12H,4-8H2,1-3H3/b10-9+/t11?,12-/m0/s1. The Morgan fingerprint density at radius 3 is 2.53 bits per heavy atom. The summed E-state index contributed by atoms with van der Waals surface area (Å²) in [5.74, 6) is 0. The number of halogens is 1. The fourth-order valence-corrected chi connectivity index (χ4v) is 1.87. The number of unbranched alkanes of at least 4 members (excludes halogenated alkanes) is 2. The van der Waals surface area contributed by atoms with Crippen LogP contribution in [-0.2, 0) is 9.47 Å². The van der Waals surface area contributed by atoms with Crippen LogP contribution in [0.2, 0.25) is 0 Å². The van der Waals surface area contributed by atoms with Crippen LogP contribution in [0.1, 0.15) is 46.5 Å². The van der Waals surface area contributed by atoms with Crippen molar-refractivity contribution in [3.63, 3.8) is 0 Å². The number of hydrogen-bond donors (Lipinski definition) is 0. The minimum absolute atomic E-state index is 0.103. The Morgan fingerprint density at radius 1 is 1.27 bits per heavy atom. The smallest absolute Gasteiger partial charge is 0.155 e. The predicted molar refractivity (Wildman–Crippen MR) is 73.3 cm³/mol. The molecule has 2 nitrogen and oxygen atoms in total. The first-order valence-electron chi connectivity index (χ1n) is 5.78. The van der Waals surface area contributed by atoms with Crippen molar-refractivity contribution in [2.75, 3.05) is 6.61 Å². The van der Waals surface area contributed by atoms with E-state index >= 15 is 0 Å². The molecule has 0 aromatic heterocycles. The maximum atomic E-state index is 5.76. The molecule has 0 amide bonds. The molecular weight excluding hydrogens is 303 g/mol. The molecule has 0 radical (unpaired) electrons. The van der Waals surface area contributed by atoms with Crippen molar-refractivity contribution in [2.45, 2.75) is 58.8 Å². The van der Waals surface area contributed by atoms with Crippen molar-refractivity contribution >= 4 is 22.6 Å². The van der Waals surface area contributed by atoms with Crippen LogP contribution in [0.25, 0.3) is 0 Å². The molecule has 0 aromatic rings. The van der Waals surface area contributed by atoms with Crippen LogP contribution < -0.4 is 0 Å². The molecule has 15 heavy (non-hydrogen) atoms. The SMILES string of the molecule is CCCCC[C@@H](/C=C/I)OC(C)OCC. The summed E-state index contributed by atoms with van der Waals surface area (Å²) < 4.78 is 13.2. The van der Waals surface area contributed by atoms with Gasteiger partial charge in [-0.2, -0.15) is 0 Å². The fourth-order valence-electron chi connectivity index (χ4n) is 1.41. The highest BCUT2D eigenvalue weighted by atomic mass is 127. The van der Waals surface area contributed by atoms with Gasteiger partial charge in [0.15, 0.2) is 6.29 Å². The summed E-state index contributed by atoms with van der Waals surface area (Å²) >= 11 is 2.23. The van der Waals surface area contributed by atoms with E-state index in [-0.39, 0.29) is 12.4 Å². The molecule has 0 heterocycles. The molecule has 0 N–H and O–H groups in total. The first kappa shape index (κ1) is 15.4. The van der Waals surface area contributed by atoms with E-state index in [0.717, 1.165) is 6.42 Å². The Balaban J connectivity index is 3.81. The topological polar surface area (TPSA) is 18.5 Å². The van der Waals surface area contributed by atoms with Crippen molar-refractivity contribution in [1.82, 2.24) is 0 Å².